The minimum Gasteiger partial charge on any atom is -0.444 e. The minimum absolute atomic E-state index is 0.245. The third kappa shape index (κ3) is 4.00. The van der Waals surface area contributed by atoms with E-state index in [2.05, 4.69) is 0 Å². The first-order valence-electron chi connectivity index (χ1n) is 6.57. The molecule has 4 nitrogen and oxygen atoms in total. The molecule has 0 spiro atoms. The number of thioether (sulfide) groups is 1. The summed E-state index contributed by atoms with van der Waals surface area (Å²) in [5, 5.41) is 0.393. The molecule has 1 aliphatic rings. The second-order valence-electron chi connectivity index (χ2n) is 5.81. The zero-order valence-electron chi connectivity index (χ0n) is 12.0. The van der Waals surface area contributed by atoms with E-state index >= 15 is 0 Å². The van der Waals surface area contributed by atoms with Gasteiger partial charge in [0.05, 0.1) is 0 Å². The summed E-state index contributed by atoms with van der Waals surface area (Å²) in [6.45, 7) is 7.01. The van der Waals surface area contributed by atoms with Gasteiger partial charge in [-0.25, -0.2) is 4.79 Å². The van der Waals surface area contributed by atoms with Crippen molar-refractivity contribution in [3.63, 3.8) is 0 Å². The fourth-order valence-electron chi connectivity index (χ4n) is 1.81. The van der Waals surface area contributed by atoms with Gasteiger partial charge in [0.25, 0.3) is 0 Å². The Hall–Kier alpha value is -1.49. The molecule has 2 rings (SSSR count). The smallest absolute Gasteiger partial charge is 0.410 e. The maximum Gasteiger partial charge on any atom is 0.410 e. The topological polar surface area (TPSA) is 46.6 Å². The van der Waals surface area contributed by atoms with Crippen molar-refractivity contribution in [2.45, 2.75) is 36.5 Å². The van der Waals surface area contributed by atoms with Crippen LogP contribution in [0.3, 0.4) is 0 Å². The summed E-state index contributed by atoms with van der Waals surface area (Å²) in [5.41, 5.74) is 0.235. The monoisotopic (exact) mass is 293 g/mol. The Balaban J connectivity index is 1.78. The summed E-state index contributed by atoms with van der Waals surface area (Å²) in [7, 11) is 0. The van der Waals surface area contributed by atoms with Crippen molar-refractivity contribution in [3.05, 3.63) is 29.8 Å². The molecule has 0 aliphatic carbocycles. The average molecular weight is 293 g/mol. The Morgan fingerprint density at radius 3 is 2.40 bits per heavy atom. The van der Waals surface area contributed by atoms with Gasteiger partial charge >= 0.3 is 6.09 Å². The van der Waals surface area contributed by atoms with Gasteiger partial charge in [0, 0.05) is 28.8 Å². The van der Waals surface area contributed by atoms with Crippen molar-refractivity contribution >= 4 is 24.1 Å². The number of aldehydes is 1. The van der Waals surface area contributed by atoms with Crippen LogP contribution in [0.2, 0.25) is 0 Å². The van der Waals surface area contributed by atoms with Crippen LogP contribution in [0.4, 0.5) is 4.79 Å². The molecule has 5 heteroatoms. The number of amides is 1. The normalized spacial score (nSPS) is 15.7. The van der Waals surface area contributed by atoms with E-state index in [4.69, 9.17) is 4.74 Å². The molecule has 1 aromatic carbocycles. The van der Waals surface area contributed by atoms with Gasteiger partial charge in [-0.3, -0.25) is 4.79 Å². The molecular weight excluding hydrogens is 274 g/mol. The van der Waals surface area contributed by atoms with Gasteiger partial charge in [-0.1, -0.05) is 12.1 Å². The van der Waals surface area contributed by atoms with Crippen molar-refractivity contribution in [1.29, 1.82) is 0 Å². The van der Waals surface area contributed by atoms with Crippen LogP contribution in [-0.4, -0.2) is 41.2 Å². The summed E-state index contributed by atoms with van der Waals surface area (Å²) < 4.78 is 5.31. The van der Waals surface area contributed by atoms with E-state index in [-0.39, 0.29) is 6.09 Å². The molecule has 0 N–H and O–H groups in total. The van der Waals surface area contributed by atoms with Crippen LogP contribution in [0.25, 0.3) is 0 Å². The van der Waals surface area contributed by atoms with E-state index in [1.807, 2.05) is 32.9 Å². The molecule has 1 aliphatic heterocycles. The first kappa shape index (κ1) is 14.9. The van der Waals surface area contributed by atoms with Gasteiger partial charge in [0.1, 0.15) is 11.9 Å². The summed E-state index contributed by atoms with van der Waals surface area (Å²) >= 11 is 1.72. The van der Waals surface area contributed by atoms with Crippen molar-refractivity contribution < 1.29 is 14.3 Å². The maximum atomic E-state index is 11.8. The van der Waals surface area contributed by atoms with E-state index < -0.39 is 5.60 Å². The highest BCUT2D eigenvalue weighted by Crippen LogP contribution is 2.30. The van der Waals surface area contributed by atoms with Crippen molar-refractivity contribution in [3.8, 4) is 0 Å². The molecular formula is C15H19NO3S. The summed E-state index contributed by atoms with van der Waals surface area (Å²) in [5.74, 6) is 0. The molecule has 1 heterocycles. The quantitative estimate of drug-likeness (QED) is 0.803. The predicted octanol–water partition coefficient (Wildman–Crippen LogP) is 3.21. The molecule has 20 heavy (non-hydrogen) atoms. The number of hydrogen-bond donors (Lipinski definition) is 0. The molecule has 1 fully saturated rings. The molecule has 0 aromatic heterocycles. The predicted molar refractivity (Wildman–Crippen MR) is 79.3 cm³/mol. The molecule has 0 bridgehead atoms. The standard InChI is InChI=1S/C15H19NO3S/c1-15(2,3)19-14(18)16-8-13(9-16)20-12-6-4-11(10-17)5-7-12/h4-7,10,13H,8-9H2,1-3H3. The van der Waals surface area contributed by atoms with Crippen molar-refractivity contribution in [2.24, 2.45) is 0 Å². The lowest BCUT2D eigenvalue weighted by Gasteiger charge is -2.39. The van der Waals surface area contributed by atoms with Gasteiger partial charge < -0.3 is 9.64 Å². The number of likely N-dealkylation sites (tertiary alicyclic amines) is 1. The molecule has 0 unspecified atom stereocenters. The minimum atomic E-state index is -0.444. The molecule has 0 atom stereocenters. The Bertz CT molecular complexity index is 487. The molecule has 1 amide bonds. The zero-order chi connectivity index (χ0) is 14.8. The van der Waals surface area contributed by atoms with Crippen LogP contribution < -0.4 is 0 Å². The number of ether oxygens (including phenoxy) is 1. The second kappa shape index (κ2) is 5.87. The summed E-state index contributed by atoms with van der Waals surface area (Å²) in [4.78, 5) is 25.2. The number of carbonyl (C=O) groups is 2. The van der Waals surface area contributed by atoms with Gasteiger partial charge in [-0.2, -0.15) is 0 Å². The van der Waals surface area contributed by atoms with Gasteiger partial charge in [-0.05, 0) is 32.9 Å². The van der Waals surface area contributed by atoms with E-state index in [1.165, 1.54) is 0 Å². The van der Waals surface area contributed by atoms with Crippen LogP contribution >= 0.6 is 11.8 Å². The van der Waals surface area contributed by atoms with Crippen molar-refractivity contribution in [1.82, 2.24) is 4.90 Å². The number of carbonyl (C=O) groups excluding carboxylic acids is 2. The average Bonchev–Trinajstić information content (AvgIpc) is 2.31. The van der Waals surface area contributed by atoms with Crippen LogP contribution in [0.1, 0.15) is 31.1 Å². The number of nitrogens with zero attached hydrogens (tertiary/aromatic N) is 1. The van der Waals surface area contributed by atoms with E-state index in [9.17, 15) is 9.59 Å². The second-order valence-corrected chi connectivity index (χ2v) is 7.19. The van der Waals surface area contributed by atoms with Crippen LogP contribution in [0.5, 0.6) is 0 Å². The van der Waals surface area contributed by atoms with Gasteiger partial charge in [0.2, 0.25) is 0 Å². The Labute approximate surface area is 123 Å². The molecule has 108 valence electrons. The largest absolute Gasteiger partial charge is 0.444 e. The fraction of sp³-hybridized carbons (Fsp3) is 0.467. The highest BCUT2D eigenvalue weighted by atomic mass is 32.2. The third-order valence-corrected chi connectivity index (χ3v) is 3.99. The van der Waals surface area contributed by atoms with Gasteiger partial charge in [0.15, 0.2) is 0 Å². The maximum absolute atomic E-state index is 11.8. The number of hydrogen-bond acceptors (Lipinski definition) is 4. The van der Waals surface area contributed by atoms with Crippen LogP contribution in [0, 0.1) is 0 Å². The Morgan fingerprint density at radius 1 is 1.30 bits per heavy atom. The zero-order valence-corrected chi connectivity index (χ0v) is 12.8. The lowest BCUT2D eigenvalue weighted by Crippen LogP contribution is -2.53. The van der Waals surface area contributed by atoms with E-state index in [1.54, 1.807) is 28.8 Å². The van der Waals surface area contributed by atoms with Crippen molar-refractivity contribution in [2.75, 3.05) is 13.1 Å². The van der Waals surface area contributed by atoms with E-state index in [0.717, 1.165) is 11.2 Å². The first-order valence-corrected chi connectivity index (χ1v) is 7.45. The van der Waals surface area contributed by atoms with Gasteiger partial charge in [-0.15, -0.1) is 11.8 Å². The highest BCUT2D eigenvalue weighted by molar-refractivity contribution is 8.00. The summed E-state index contributed by atoms with van der Waals surface area (Å²) in [6, 6.07) is 7.48. The number of rotatable bonds is 3. The van der Waals surface area contributed by atoms with E-state index in [0.29, 0.717) is 23.9 Å². The fourth-order valence-corrected chi connectivity index (χ4v) is 2.99. The lowest BCUT2D eigenvalue weighted by molar-refractivity contribution is 0.0144. The third-order valence-electron chi connectivity index (χ3n) is 2.82. The SMILES string of the molecule is CC(C)(C)OC(=O)N1CC(Sc2ccc(C=O)cc2)C1. The summed E-state index contributed by atoms with van der Waals surface area (Å²) in [6.07, 6.45) is 0.591. The van der Waals surface area contributed by atoms with Crippen LogP contribution in [-0.2, 0) is 4.74 Å². The molecule has 0 saturated carbocycles. The molecule has 1 aromatic rings. The molecule has 1 saturated heterocycles. The Morgan fingerprint density at radius 2 is 1.90 bits per heavy atom. The Kier molecular flexibility index (Phi) is 4.38. The highest BCUT2D eigenvalue weighted by Gasteiger charge is 2.34. The lowest BCUT2D eigenvalue weighted by atomic mass is 10.2. The molecule has 0 radical (unpaired) electrons. The first-order chi connectivity index (χ1) is 9.37. The number of benzene rings is 1. The van der Waals surface area contributed by atoms with Crippen LogP contribution in [0.15, 0.2) is 29.2 Å².